The Bertz CT molecular complexity index is 981. The van der Waals surface area contributed by atoms with Gasteiger partial charge in [0, 0.05) is 30.7 Å². The Morgan fingerprint density at radius 1 is 1.17 bits per heavy atom. The highest BCUT2D eigenvalue weighted by atomic mass is 35.5. The number of methoxy groups -OCH3 is 1. The molecule has 1 aromatic heterocycles. The van der Waals surface area contributed by atoms with Crippen molar-refractivity contribution in [3.8, 4) is 11.5 Å². The number of amides is 1. The van der Waals surface area contributed by atoms with Crippen molar-refractivity contribution in [3.63, 3.8) is 0 Å². The molecule has 9 nitrogen and oxygen atoms in total. The van der Waals surface area contributed by atoms with Crippen LogP contribution in [0.4, 0.5) is 5.82 Å². The summed E-state index contributed by atoms with van der Waals surface area (Å²) < 4.78 is 15.7. The highest BCUT2D eigenvalue weighted by Crippen LogP contribution is 2.33. The van der Waals surface area contributed by atoms with Gasteiger partial charge in [-0.1, -0.05) is 41.9 Å². The third-order valence-electron chi connectivity index (χ3n) is 4.20. The molecule has 0 unspecified atom stereocenters. The summed E-state index contributed by atoms with van der Waals surface area (Å²) in [6.45, 7) is 1.76. The molecule has 3 rings (SSSR count). The standard InChI is InChI=1S/C20H22ClN5O4/c1-28-16-9-14(11-23-7-8-24-20(27)18-19(22)26-30-25-18)15(21)10-17(16)29-12-13-5-3-2-4-6-13/h2-6,9-10,23H,7-8,11-12H2,1H3,(H2,22,26)(H,24,27). The highest BCUT2D eigenvalue weighted by molar-refractivity contribution is 6.31. The Morgan fingerprint density at radius 3 is 2.67 bits per heavy atom. The van der Waals surface area contributed by atoms with Crippen molar-refractivity contribution in [2.75, 3.05) is 25.9 Å². The zero-order valence-electron chi connectivity index (χ0n) is 16.4. The van der Waals surface area contributed by atoms with E-state index in [9.17, 15) is 4.79 Å². The van der Waals surface area contributed by atoms with Gasteiger partial charge in [-0.25, -0.2) is 4.63 Å². The zero-order valence-corrected chi connectivity index (χ0v) is 17.1. The van der Waals surface area contributed by atoms with Gasteiger partial charge in [0.15, 0.2) is 11.5 Å². The largest absolute Gasteiger partial charge is 0.493 e. The fourth-order valence-electron chi connectivity index (χ4n) is 2.64. The number of nitrogens with one attached hydrogen (secondary N) is 2. The van der Waals surface area contributed by atoms with Gasteiger partial charge in [-0.15, -0.1) is 0 Å². The average Bonchev–Trinajstić information content (AvgIpc) is 3.19. The first-order valence-electron chi connectivity index (χ1n) is 9.18. The van der Waals surface area contributed by atoms with Crippen LogP contribution < -0.4 is 25.8 Å². The van der Waals surface area contributed by atoms with Crippen LogP contribution in [0.2, 0.25) is 5.02 Å². The number of hydrogen-bond acceptors (Lipinski definition) is 8. The SMILES string of the molecule is COc1cc(CNCCNC(=O)c2nonc2N)c(Cl)cc1OCc1ccccc1. The minimum absolute atomic E-state index is 0.0335. The molecule has 30 heavy (non-hydrogen) atoms. The van der Waals surface area contributed by atoms with Crippen LogP contribution in [0.25, 0.3) is 0 Å². The Labute approximate surface area is 178 Å². The minimum Gasteiger partial charge on any atom is -0.493 e. The minimum atomic E-state index is -0.449. The van der Waals surface area contributed by atoms with Gasteiger partial charge in [-0.3, -0.25) is 4.79 Å². The second kappa shape index (κ2) is 10.5. The van der Waals surface area contributed by atoms with Crippen LogP contribution >= 0.6 is 11.6 Å². The summed E-state index contributed by atoms with van der Waals surface area (Å²) in [5.41, 5.74) is 7.34. The van der Waals surface area contributed by atoms with E-state index < -0.39 is 5.91 Å². The van der Waals surface area contributed by atoms with Gasteiger partial charge in [0.1, 0.15) is 6.61 Å². The predicted molar refractivity (Wildman–Crippen MR) is 112 cm³/mol. The number of benzene rings is 2. The van der Waals surface area contributed by atoms with Gasteiger partial charge < -0.3 is 25.8 Å². The molecule has 0 bridgehead atoms. The van der Waals surface area contributed by atoms with Gasteiger partial charge in [0.05, 0.1) is 7.11 Å². The van der Waals surface area contributed by atoms with Gasteiger partial charge in [0.25, 0.3) is 5.91 Å². The number of carbonyl (C=O) groups excluding carboxylic acids is 1. The molecule has 0 saturated heterocycles. The number of carbonyl (C=O) groups is 1. The summed E-state index contributed by atoms with van der Waals surface area (Å²) in [6.07, 6.45) is 0. The quantitative estimate of drug-likeness (QED) is 0.418. The Morgan fingerprint density at radius 2 is 1.97 bits per heavy atom. The number of nitrogen functional groups attached to an aromatic ring is 1. The zero-order chi connectivity index (χ0) is 21.3. The van der Waals surface area contributed by atoms with E-state index in [2.05, 4.69) is 25.6 Å². The number of nitrogens with two attached hydrogens (primary N) is 1. The predicted octanol–water partition coefficient (Wildman–Crippen LogP) is 2.41. The van der Waals surface area contributed by atoms with Crippen LogP contribution in [0, 0.1) is 0 Å². The smallest absolute Gasteiger partial charge is 0.277 e. The Balaban J connectivity index is 1.49. The fourth-order valence-corrected chi connectivity index (χ4v) is 2.87. The van der Waals surface area contributed by atoms with Crippen molar-refractivity contribution in [2.24, 2.45) is 0 Å². The molecule has 0 aliphatic rings. The maximum absolute atomic E-state index is 11.9. The fraction of sp³-hybridized carbons (Fsp3) is 0.250. The van der Waals surface area contributed by atoms with Gasteiger partial charge in [0.2, 0.25) is 11.5 Å². The van der Waals surface area contributed by atoms with E-state index in [1.807, 2.05) is 36.4 Å². The van der Waals surface area contributed by atoms with Gasteiger partial charge in [-0.05, 0) is 27.5 Å². The second-order valence-corrected chi connectivity index (χ2v) is 6.71. The van der Waals surface area contributed by atoms with Crippen molar-refractivity contribution >= 4 is 23.3 Å². The maximum Gasteiger partial charge on any atom is 0.277 e. The van der Waals surface area contributed by atoms with E-state index in [4.69, 9.17) is 26.8 Å². The molecule has 0 fully saturated rings. The molecular weight excluding hydrogens is 410 g/mol. The number of halogens is 1. The van der Waals surface area contributed by atoms with Crippen molar-refractivity contribution in [2.45, 2.75) is 13.2 Å². The molecule has 158 valence electrons. The number of nitrogens with zero attached hydrogens (tertiary/aromatic N) is 2. The lowest BCUT2D eigenvalue weighted by Gasteiger charge is -2.14. The molecule has 0 saturated carbocycles. The first kappa shape index (κ1) is 21.4. The molecule has 1 heterocycles. The maximum atomic E-state index is 11.9. The summed E-state index contributed by atoms with van der Waals surface area (Å²) in [5, 5.41) is 13.2. The van der Waals surface area contributed by atoms with Crippen LogP contribution in [0.15, 0.2) is 47.1 Å². The molecule has 0 aliphatic heterocycles. The number of rotatable bonds is 10. The first-order valence-corrected chi connectivity index (χ1v) is 9.56. The van der Waals surface area contributed by atoms with E-state index in [1.54, 1.807) is 13.2 Å². The lowest BCUT2D eigenvalue weighted by molar-refractivity contribution is 0.0944. The lowest BCUT2D eigenvalue weighted by Crippen LogP contribution is -2.32. The van der Waals surface area contributed by atoms with E-state index >= 15 is 0 Å². The van der Waals surface area contributed by atoms with Crippen LogP contribution in [0.1, 0.15) is 21.6 Å². The van der Waals surface area contributed by atoms with Crippen molar-refractivity contribution < 1.29 is 18.9 Å². The molecule has 2 aromatic carbocycles. The molecule has 1 amide bonds. The number of anilines is 1. The average molecular weight is 432 g/mol. The van der Waals surface area contributed by atoms with E-state index in [0.29, 0.717) is 42.8 Å². The molecule has 10 heteroatoms. The molecule has 3 aromatic rings. The van der Waals surface area contributed by atoms with Gasteiger partial charge >= 0.3 is 0 Å². The van der Waals surface area contributed by atoms with Gasteiger partial charge in [-0.2, -0.15) is 0 Å². The number of ether oxygens (including phenoxy) is 2. The van der Waals surface area contributed by atoms with Crippen LogP contribution in [-0.2, 0) is 13.2 Å². The molecule has 0 spiro atoms. The number of hydrogen-bond donors (Lipinski definition) is 3. The van der Waals surface area contributed by atoms with Crippen LogP contribution in [0.5, 0.6) is 11.5 Å². The van der Waals surface area contributed by atoms with Crippen molar-refractivity contribution in [1.82, 2.24) is 20.9 Å². The van der Waals surface area contributed by atoms with Crippen LogP contribution in [-0.4, -0.2) is 36.4 Å². The highest BCUT2D eigenvalue weighted by Gasteiger charge is 2.15. The Kier molecular flexibility index (Phi) is 7.47. The van der Waals surface area contributed by atoms with E-state index in [-0.39, 0.29) is 11.5 Å². The first-order chi connectivity index (χ1) is 14.6. The number of aromatic nitrogens is 2. The summed E-state index contributed by atoms with van der Waals surface area (Å²) in [4.78, 5) is 11.9. The third-order valence-corrected chi connectivity index (χ3v) is 4.55. The normalized spacial score (nSPS) is 10.6. The summed E-state index contributed by atoms with van der Waals surface area (Å²) in [5.74, 6) is 0.666. The molecule has 0 atom stereocenters. The van der Waals surface area contributed by atoms with E-state index in [1.165, 1.54) is 0 Å². The Hall–Kier alpha value is -3.30. The molecule has 0 aliphatic carbocycles. The topological polar surface area (TPSA) is 125 Å². The molecule has 4 N–H and O–H groups in total. The lowest BCUT2D eigenvalue weighted by atomic mass is 10.2. The summed E-state index contributed by atoms with van der Waals surface area (Å²) in [6, 6.07) is 13.4. The second-order valence-electron chi connectivity index (χ2n) is 6.30. The van der Waals surface area contributed by atoms with Crippen LogP contribution in [0.3, 0.4) is 0 Å². The van der Waals surface area contributed by atoms with Crippen molar-refractivity contribution in [1.29, 1.82) is 0 Å². The van der Waals surface area contributed by atoms with E-state index in [0.717, 1.165) is 11.1 Å². The summed E-state index contributed by atoms with van der Waals surface area (Å²) in [7, 11) is 1.58. The van der Waals surface area contributed by atoms with Crippen molar-refractivity contribution in [3.05, 3.63) is 64.3 Å². The third kappa shape index (κ3) is 5.62. The molecule has 0 radical (unpaired) electrons. The summed E-state index contributed by atoms with van der Waals surface area (Å²) >= 11 is 6.40. The monoisotopic (exact) mass is 431 g/mol. The molecular formula is C20H22ClN5O4.